The van der Waals surface area contributed by atoms with Crippen molar-refractivity contribution in [2.75, 3.05) is 0 Å². The average molecular weight is 172 g/mol. The van der Waals surface area contributed by atoms with E-state index in [0.29, 0.717) is 0 Å². The Balaban J connectivity index is 0. The van der Waals surface area contributed by atoms with Gasteiger partial charge in [-0.2, -0.15) is 0 Å². The van der Waals surface area contributed by atoms with Crippen LogP contribution >= 0.6 is 8.25 Å². The molecule has 28 valence electrons. The first-order valence-corrected chi connectivity index (χ1v) is 1.75. The van der Waals surface area contributed by atoms with E-state index >= 15 is 0 Å². The molecule has 0 aliphatic heterocycles. The quantitative estimate of drug-likeness (QED) is 0.490. The number of rotatable bonds is 0. The van der Waals surface area contributed by atoms with Crippen molar-refractivity contribution >= 4 is 8.25 Å². The molecule has 0 saturated carbocycles. The zero-order chi connectivity index (χ0) is 3.58. The third kappa shape index (κ3) is 50.7. The van der Waals surface area contributed by atoms with Crippen LogP contribution in [0.25, 0.3) is 0 Å². The smallest absolute Gasteiger partial charge is 0.134 e. The Morgan fingerprint density at radius 2 is 1.40 bits per heavy atom. The molecule has 0 amide bonds. The van der Waals surface area contributed by atoms with Crippen LogP contribution in [0.15, 0.2) is 0 Å². The molecule has 0 spiro atoms. The second kappa shape index (κ2) is 4.90. The van der Waals surface area contributed by atoms with Gasteiger partial charge in [0.05, 0.1) is 0 Å². The van der Waals surface area contributed by atoms with Crippen molar-refractivity contribution in [2.45, 2.75) is 0 Å². The van der Waals surface area contributed by atoms with Crippen LogP contribution in [0.1, 0.15) is 0 Å². The van der Waals surface area contributed by atoms with E-state index < -0.39 is 8.25 Å². The standard InChI is InChI=1S/HO3P.Zr/c1-4(2)3;/h(H-,1,2,3);/p+1. The second-order valence-electron chi connectivity index (χ2n) is 0.253. The summed E-state index contributed by atoms with van der Waals surface area (Å²) < 4.78 is 8.70. The van der Waals surface area contributed by atoms with Gasteiger partial charge in [-0.15, -0.1) is 9.79 Å². The predicted octanol–water partition coefficient (Wildman–Crippen LogP) is -0.374. The first-order chi connectivity index (χ1) is 1.73. The number of hydrogen-bond acceptors (Lipinski definition) is 1. The van der Waals surface area contributed by atoms with Crippen LogP contribution in [-0.2, 0) is 30.8 Å². The summed E-state index contributed by atoms with van der Waals surface area (Å²) in [5.74, 6) is 0. The molecule has 0 saturated heterocycles. The van der Waals surface area contributed by atoms with Crippen molar-refractivity contribution < 1.29 is 40.6 Å². The largest absolute Gasteiger partial charge is 0.692 e. The van der Waals surface area contributed by atoms with E-state index in [1.807, 2.05) is 0 Å². The molecule has 0 unspecified atom stereocenters. The van der Waals surface area contributed by atoms with Crippen molar-refractivity contribution in [1.29, 1.82) is 0 Å². The Labute approximate surface area is 49.1 Å². The Morgan fingerprint density at radius 1 is 1.40 bits per heavy atom. The van der Waals surface area contributed by atoms with Gasteiger partial charge < -0.3 is 0 Å². The Bertz CT molecular complexity index is 29.9. The van der Waals surface area contributed by atoms with Crippen molar-refractivity contribution in [3.05, 3.63) is 0 Å². The van der Waals surface area contributed by atoms with Gasteiger partial charge in [-0.3, -0.25) is 0 Å². The van der Waals surface area contributed by atoms with Crippen LogP contribution in [0.4, 0.5) is 0 Å². The van der Waals surface area contributed by atoms with Crippen molar-refractivity contribution in [1.82, 2.24) is 0 Å². The summed E-state index contributed by atoms with van der Waals surface area (Å²) in [6.07, 6.45) is 0. The van der Waals surface area contributed by atoms with Crippen LogP contribution in [0, 0.1) is 0 Å². The molecular weight excluding hydrogens is 170 g/mol. The van der Waals surface area contributed by atoms with E-state index in [9.17, 15) is 0 Å². The van der Waals surface area contributed by atoms with Gasteiger partial charge >= 0.3 is 8.25 Å². The average Bonchev–Trinajstić information content (AvgIpc) is 0.811. The molecule has 0 aromatic carbocycles. The van der Waals surface area contributed by atoms with Gasteiger partial charge in [0.25, 0.3) is 0 Å². The predicted molar refractivity (Wildman–Crippen MR) is 12.0 cm³/mol. The van der Waals surface area contributed by atoms with Crippen LogP contribution < -0.4 is 0 Å². The molecule has 0 heterocycles. The first-order valence-electron chi connectivity index (χ1n) is 0.583. The van der Waals surface area contributed by atoms with Gasteiger partial charge in [0.2, 0.25) is 0 Å². The van der Waals surface area contributed by atoms with Gasteiger partial charge in [-0.25, -0.2) is 0 Å². The SMILES string of the molecule is O=[P+](O)O.[Zr]. The molecule has 0 aliphatic rings. The van der Waals surface area contributed by atoms with E-state index in [1.165, 1.54) is 0 Å². The third-order valence-corrected chi connectivity index (χ3v) is 0. The van der Waals surface area contributed by atoms with Gasteiger partial charge in [0.15, 0.2) is 0 Å². The van der Waals surface area contributed by atoms with Crippen LogP contribution in [0.5, 0.6) is 0 Å². The topological polar surface area (TPSA) is 57.5 Å². The van der Waals surface area contributed by atoms with Gasteiger partial charge in [0, 0.05) is 30.8 Å². The van der Waals surface area contributed by atoms with Crippen LogP contribution in [0.2, 0.25) is 0 Å². The van der Waals surface area contributed by atoms with Gasteiger partial charge in [0.1, 0.15) is 0 Å². The molecule has 3 nitrogen and oxygen atoms in total. The van der Waals surface area contributed by atoms with Crippen molar-refractivity contribution in [3.63, 3.8) is 0 Å². The van der Waals surface area contributed by atoms with E-state index in [-0.39, 0.29) is 26.2 Å². The zero-order valence-corrected chi connectivity index (χ0v) is 5.60. The van der Waals surface area contributed by atoms with E-state index in [4.69, 9.17) is 14.4 Å². The summed E-state index contributed by atoms with van der Waals surface area (Å²) in [6.45, 7) is 0. The van der Waals surface area contributed by atoms with Crippen LogP contribution in [0.3, 0.4) is 0 Å². The Hall–Kier alpha value is 0.903. The molecular formula is H2O3PZr+. The summed E-state index contributed by atoms with van der Waals surface area (Å²) in [5, 5.41) is 0. The molecule has 2 N–H and O–H groups in total. The monoisotopic (exact) mass is 171 g/mol. The minimum Gasteiger partial charge on any atom is -0.134 e. The molecule has 0 fully saturated rings. The second-order valence-corrected chi connectivity index (χ2v) is 0.758. The zero-order valence-electron chi connectivity index (χ0n) is 2.25. The molecule has 5 heteroatoms. The van der Waals surface area contributed by atoms with Crippen molar-refractivity contribution in [2.24, 2.45) is 0 Å². The maximum absolute atomic E-state index is 8.70. The summed E-state index contributed by atoms with van der Waals surface area (Å²) in [5.41, 5.74) is 0. The summed E-state index contributed by atoms with van der Waals surface area (Å²) in [4.78, 5) is 14.2. The summed E-state index contributed by atoms with van der Waals surface area (Å²) >= 11 is 0. The normalized spacial score (nSPS) is 5.20. The Kier molecular flexibility index (Phi) is 9.13. The van der Waals surface area contributed by atoms with E-state index in [2.05, 4.69) is 0 Å². The minimum absolute atomic E-state index is 0. The molecule has 0 atom stereocenters. The molecule has 0 aromatic heterocycles. The molecule has 0 aliphatic carbocycles. The summed E-state index contributed by atoms with van der Waals surface area (Å²) in [7, 11) is -2.87. The van der Waals surface area contributed by atoms with Gasteiger partial charge in [-0.05, 0) is 0 Å². The maximum atomic E-state index is 8.70. The van der Waals surface area contributed by atoms with Gasteiger partial charge in [-0.1, -0.05) is 0 Å². The third-order valence-electron chi connectivity index (χ3n) is 0. The minimum atomic E-state index is -2.87. The van der Waals surface area contributed by atoms with E-state index in [0.717, 1.165) is 0 Å². The van der Waals surface area contributed by atoms with Crippen molar-refractivity contribution in [3.8, 4) is 0 Å². The maximum Gasteiger partial charge on any atom is 0.692 e. The fraction of sp³-hybridized carbons (Fsp3) is 0. The molecule has 5 heavy (non-hydrogen) atoms. The van der Waals surface area contributed by atoms with E-state index in [1.54, 1.807) is 0 Å². The number of hydrogen-bond donors (Lipinski definition) is 2. The molecule has 0 bridgehead atoms. The van der Waals surface area contributed by atoms with Crippen LogP contribution in [-0.4, -0.2) is 9.79 Å². The Morgan fingerprint density at radius 3 is 1.40 bits per heavy atom. The fourth-order valence-corrected chi connectivity index (χ4v) is 0. The molecule has 0 aromatic rings. The fourth-order valence-electron chi connectivity index (χ4n) is 0. The first kappa shape index (κ1) is 9.32. The summed E-state index contributed by atoms with van der Waals surface area (Å²) in [6, 6.07) is 0. The molecule has 0 rings (SSSR count). The molecule has 0 radical (unpaired) electrons.